The molecule has 1 aliphatic heterocycles. The van der Waals surface area contributed by atoms with Gasteiger partial charge in [0.25, 0.3) is 0 Å². The first kappa shape index (κ1) is 15.9. The fourth-order valence-electron chi connectivity index (χ4n) is 2.52. The Balaban J connectivity index is 2.26. The Kier molecular flexibility index (Phi) is 8.59. The molecule has 1 unspecified atom stereocenters. The Morgan fingerprint density at radius 3 is 2.56 bits per heavy atom. The minimum absolute atomic E-state index is 0.0358. The highest BCUT2D eigenvalue weighted by Gasteiger charge is 2.18. The Morgan fingerprint density at radius 2 is 1.89 bits per heavy atom. The van der Waals surface area contributed by atoms with E-state index in [4.69, 9.17) is 9.47 Å². The standard InChI is InChI=1S/C14H30N2O2/c1-4-17-14(18-5-2)9-12-16(3)13-7-6-10-15-11-8-13/h13-15H,4-12H2,1-3H3. The molecule has 1 atom stereocenters. The average molecular weight is 258 g/mol. The summed E-state index contributed by atoms with van der Waals surface area (Å²) in [5.41, 5.74) is 0. The minimum atomic E-state index is -0.0358. The van der Waals surface area contributed by atoms with Gasteiger partial charge in [0.1, 0.15) is 0 Å². The molecular formula is C14H30N2O2. The van der Waals surface area contributed by atoms with Crippen molar-refractivity contribution in [2.75, 3.05) is 39.9 Å². The third kappa shape index (κ3) is 6.14. The molecule has 0 bridgehead atoms. The SMILES string of the molecule is CCOC(CCN(C)C1CCCNCC1)OCC. The van der Waals surface area contributed by atoms with Gasteiger partial charge in [-0.1, -0.05) is 0 Å². The van der Waals surface area contributed by atoms with Crippen molar-refractivity contribution in [3.8, 4) is 0 Å². The summed E-state index contributed by atoms with van der Waals surface area (Å²) in [6.45, 7) is 8.86. The summed E-state index contributed by atoms with van der Waals surface area (Å²) < 4.78 is 11.2. The molecular weight excluding hydrogens is 228 g/mol. The molecule has 108 valence electrons. The van der Waals surface area contributed by atoms with Gasteiger partial charge in [0.05, 0.1) is 0 Å². The maximum Gasteiger partial charge on any atom is 0.158 e. The lowest BCUT2D eigenvalue weighted by Gasteiger charge is -2.28. The van der Waals surface area contributed by atoms with Gasteiger partial charge in [-0.15, -0.1) is 0 Å². The lowest BCUT2D eigenvalue weighted by atomic mass is 10.1. The molecule has 0 aromatic heterocycles. The molecule has 0 aliphatic carbocycles. The molecule has 18 heavy (non-hydrogen) atoms. The molecule has 0 saturated carbocycles. The lowest BCUT2D eigenvalue weighted by Crippen LogP contribution is -2.35. The number of nitrogens with one attached hydrogen (secondary N) is 1. The fraction of sp³-hybridized carbons (Fsp3) is 1.00. The molecule has 0 radical (unpaired) electrons. The van der Waals surface area contributed by atoms with E-state index in [2.05, 4.69) is 17.3 Å². The van der Waals surface area contributed by atoms with Gasteiger partial charge in [-0.2, -0.15) is 0 Å². The van der Waals surface area contributed by atoms with E-state index in [-0.39, 0.29) is 6.29 Å². The van der Waals surface area contributed by atoms with E-state index in [1.165, 1.54) is 25.8 Å². The van der Waals surface area contributed by atoms with Gasteiger partial charge in [-0.25, -0.2) is 0 Å². The van der Waals surface area contributed by atoms with Crippen LogP contribution in [-0.2, 0) is 9.47 Å². The van der Waals surface area contributed by atoms with Gasteiger partial charge in [0, 0.05) is 32.2 Å². The molecule has 4 heteroatoms. The fourth-order valence-corrected chi connectivity index (χ4v) is 2.52. The van der Waals surface area contributed by atoms with Crippen LogP contribution in [0.5, 0.6) is 0 Å². The molecule has 0 aromatic rings. The van der Waals surface area contributed by atoms with Crippen molar-refractivity contribution < 1.29 is 9.47 Å². The minimum Gasteiger partial charge on any atom is -0.353 e. The van der Waals surface area contributed by atoms with Crippen LogP contribution in [0, 0.1) is 0 Å². The van der Waals surface area contributed by atoms with Crippen LogP contribution < -0.4 is 5.32 Å². The summed E-state index contributed by atoms with van der Waals surface area (Å²) in [7, 11) is 2.23. The summed E-state index contributed by atoms with van der Waals surface area (Å²) in [5.74, 6) is 0. The summed E-state index contributed by atoms with van der Waals surface area (Å²) in [6, 6.07) is 0.712. The summed E-state index contributed by atoms with van der Waals surface area (Å²) >= 11 is 0. The Hall–Kier alpha value is -0.160. The Bertz CT molecular complexity index is 188. The van der Waals surface area contributed by atoms with Crippen LogP contribution in [0.15, 0.2) is 0 Å². The average Bonchev–Trinajstić information content (AvgIpc) is 2.65. The highest BCUT2D eigenvalue weighted by atomic mass is 16.7. The second-order valence-corrected chi connectivity index (χ2v) is 4.94. The number of rotatable bonds is 8. The Labute approximate surface area is 112 Å². The predicted octanol–water partition coefficient (Wildman–Crippen LogP) is 1.85. The zero-order valence-corrected chi connectivity index (χ0v) is 12.3. The lowest BCUT2D eigenvalue weighted by molar-refractivity contribution is -0.142. The highest BCUT2D eigenvalue weighted by molar-refractivity contribution is 4.74. The Morgan fingerprint density at radius 1 is 1.17 bits per heavy atom. The molecule has 4 nitrogen and oxygen atoms in total. The maximum atomic E-state index is 5.58. The van der Waals surface area contributed by atoms with Crippen LogP contribution in [0.1, 0.15) is 39.5 Å². The van der Waals surface area contributed by atoms with Gasteiger partial charge in [0.15, 0.2) is 6.29 Å². The van der Waals surface area contributed by atoms with Crippen molar-refractivity contribution in [3.63, 3.8) is 0 Å². The molecule has 0 amide bonds. The van der Waals surface area contributed by atoms with E-state index in [0.717, 1.165) is 32.7 Å². The monoisotopic (exact) mass is 258 g/mol. The van der Waals surface area contributed by atoms with Crippen LogP contribution in [0.25, 0.3) is 0 Å². The smallest absolute Gasteiger partial charge is 0.158 e. The largest absolute Gasteiger partial charge is 0.353 e. The molecule has 0 aromatic carbocycles. The molecule has 1 rings (SSSR count). The normalized spacial score (nSPS) is 21.5. The third-order valence-electron chi connectivity index (χ3n) is 3.59. The number of ether oxygens (including phenoxy) is 2. The van der Waals surface area contributed by atoms with Crippen molar-refractivity contribution in [2.24, 2.45) is 0 Å². The van der Waals surface area contributed by atoms with Crippen molar-refractivity contribution in [3.05, 3.63) is 0 Å². The van der Waals surface area contributed by atoms with Gasteiger partial charge < -0.3 is 19.7 Å². The van der Waals surface area contributed by atoms with E-state index in [1.54, 1.807) is 0 Å². The zero-order chi connectivity index (χ0) is 13.2. The van der Waals surface area contributed by atoms with Crippen LogP contribution in [0.4, 0.5) is 0 Å². The van der Waals surface area contributed by atoms with Gasteiger partial charge >= 0.3 is 0 Å². The van der Waals surface area contributed by atoms with Crippen LogP contribution in [0.3, 0.4) is 0 Å². The highest BCUT2D eigenvalue weighted by Crippen LogP contribution is 2.13. The third-order valence-corrected chi connectivity index (χ3v) is 3.59. The van der Waals surface area contributed by atoms with Crippen molar-refractivity contribution in [1.82, 2.24) is 10.2 Å². The number of nitrogens with zero attached hydrogens (tertiary/aromatic N) is 1. The first-order chi connectivity index (χ1) is 8.77. The second-order valence-electron chi connectivity index (χ2n) is 4.94. The number of hydrogen-bond acceptors (Lipinski definition) is 4. The van der Waals surface area contributed by atoms with Gasteiger partial charge in [-0.3, -0.25) is 0 Å². The molecule has 1 heterocycles. The van der Waals surface area contributed by atoms with Crippen LogP contribution >= 0.6 is 0 Å². The van der Waals surface area contributed by atoms with Crippen LogP contribution in [0.2, 0.25) is 0 Å². The molecule has 1 fully saturated rings. The van der Waals surface area contributed by atoms with Crippen molar-refractivity contribution in [1.29, 1.82) is 0 Å². The first-order valence-corrected chi connectivity index (χ1v) is 7.42. The van der Waals surface area contributed by atoms with E-state index in [1.807, 2.05) is 13.8 Å². The van der Waals surface area contributed by atoms with E-state index in [0.29, 0.717) is 6.04 Å². The second kappa shape index (κ2) is 9.73. The number of hydrogen-bond donors (Lipinski definition) is 1. The van der Waals surface area contributed by atoms with Gasteiger partial charge in [-0.05, 0) is 53.2 Å². The predicted molar refractivity (Wildman–Crippen MR) is 74.8 cm³/mol. The van der Waals surface area contributed by atoms with E-state index < -0.39 is 0 Å². The quantitative estimate of drug-likeness (QED) is 0.674. The summed E-state index contributed by atoms with van der Waals surface area (Å²) in [4.78, 5) is 2.47. The maximum absolute atomic E-state index is 5.58. The van der Waals surface area contributed by atoms with Gasteiger partial charge in [0.2, 0.25) is 0 Å². The zero-order valence-electron chi connectivity index (χ0n) is 12.3. The van der Waals surface area contributed by atoms with Crippen molar-refractivity contribution >= 4 is 0 Å². The van der Waals surface area contributed by atoms with E-state index >= 15 is 0 Å². The summed E-state index contributed by atoms with van der Waals surface area (Å²) in [5, 5.41) is 3.46. The topological polar surface area (TPSA) is 33.7 Å². The van der Waals surface area contributed by atoms with Crippen LogP contribution in [-0.4, -0.2) is 57.1 Å². The molecule has 0 spiro atoms. The molecule has 1 saturated heterocycles. The molecule has 1 N–H and O–H groups in total. The van der Waals surface area contributed by atoms with Crippen molar-refractivity contribution in [2.45, 2.75) is 51.9 Å². The summed E-state index contributed by atoms with van der Waals surface area (Å²) in [6.07, 6.45) is 4.77. The molecule has 1 aliphatic rings. The van der Waals surface area contributed by atoms with E-state index in [9.17, 15) is 0 Å². The first-order valence-electron chi connectivity index (χ1n) is 7.42.